The van der Waals surface area contributed by atoms with E-state index in [1.54, 1.807) is 12.1 Å². The van der Waals surface area contributed by atoms with Crippen molar-refractivity contribution in [1.82, 2.24) is 5.32 Å². The molecule has 0 heterocycles. The van der Waals surface area contributed by atoms with E-state index in [9.17, 15) is 5.11 Å². The molecule has 1 aromatic rings. The Bertz CT molecular complexity index is 340. The fraction of sp³-hybridized carbons (Fsp3) is 0.455. The Kier molecular flexibility index (Phi) is 4.24. The molecule has 0 aromatic heterocycles. The third-order valence-electron chi connectivity index (χ3n) is 2.02. The summed E-state index contributed by atoms with van der Waals surface area (Å²) < 4.78 is 5.01. The number of methoxy groups -OCH3 is 1. The lowest BCUT2D eigenvalue weighted by Gasteiger charge is -2.11. The minimum Gasteiger partial charge on any atom is -0.503 e. The van der Waals surface area contributed by atoms with Crippen LogP contribution in [-0.2, 0) is 6.54 Å². The summed E-state index contributed by atoms with van der Waals surface area (Å²) in [6, 6.07) is 3.91. The van der Waals surface area contributed by atoms with Gasteiger partial charge in [0.1, 0.15) is 0 Å². The van der Waals surface area contributed by atoms with Crippen LogP contribution in [0.4, 0.5) is 0 Å². The molecule has 0 saturated carbocycles. The van der Waals surface area contributed by atoms with Gasteiger partial charge in [-0.1, -0.05) is 25.4 Å². The molecule has 0 radical (unpaired) electrons. The van der Waals surface area contributed by atoms with Crippen molar-refractivity contribution in [2.24, 2.45) is 0 Å². The van der Waals surface area contributed by atoms with Gasteiger partial charge in [0.2, 0.25) is 0 Å². The van der Waals surface area contributed by atoms with Crippen molar-refractivity contribution in [2.75, 3.05) is 7.11 Å². The van der Waals surface area contributed by atoms with Crippen molar-refractivity contribution >= 4 is 11.6 Å². The van der Waals surface area contributed by atoms with Crippen LogP contribution in [0.2, 0.25) is 5.02 Å². The van der Waals surface area contributed by atoms with Crippen LogP contribution in [-0.4, -0.2) is 18.3 Å². The summed E-state index contributed by atoms with van der Waals surface area (Å²) in [6.45, 7) is 4.84. The number of hydrogen-bond acceptors (Lipinski definition) is 3. The van der Waals surface area contributed by atoms with Crippen LogP contribution >= 0.6 is 11.6 Å². The highest BCUT2D eigenvalue weighted by atomic mass is 35.5. The first-order valence-electron chi connectivity index (χ1n) is 4.83. The smallest absolute Gasteiger partial charge is 0.176 e. The third-order valence-corrected chi connectivity index (χ3v) is 2.31. The third kappa shape index (κ3) is 3.29. The highest BCUT2D eigenvalue weighted by Crippen LogP contribution is 2.34. The van der Waals surface area contributed by atoms with E-state index < -0.39 is 0 Å². The molecule has 0 bridgehead atoms. The first kappa shape index (κ1) is 12.1. The topological polar surface area (TPSA) is 41.5 Å². The second-order valence-corrected chi connectivity index (χ2v) is 4.07. The van der Waals surface area contributed by atoms with E-state index in [0.29, 0.717) is 23.4 Å². The number of nitrogens with one attached hydrogen (secondary N) is 1. The van der Waals surface area contributed by atoms with Crippen LogP contribution in [0.3, 0.4) is 0 Å². The number of benzene rings is 1. The molecule has 0 spiro atoms. The standard InChI is InChI=1S/C11H16ClNO2/c1-7(2)13-6-8-4-9(12)11(14)10(5-8)15-3/h4-5,7,13-14H,6H2,1-3H3. The molecule has 4 heteroatoms. The zero-order chi connectivity index (χ0) is 11.4. The first-order chi connectivity index (χ1) is 7.04. The van der Waals surface area contributed by atoms with Gasteiger partial charge in [0.05, 0.1) is 12.1 Å². The molecular weight excluding hydrogens is 214 g/mol. The zero-order valence-electron chi connectivity index (χ0n) is 9.17. The molecule has 0 unspecified atom stereocenters. The minimum atomic E-state index is -0.00698. The Labute approximate surface area is 95.0 Å². The zero-order valence-corrected chi connectivity index (χ0v) is 9.93. The van der Waals surface area contributed by atoms with Gasteiger partial charge in [-0.2, -0.15) is 0 Å². The predicted octanol–water partition coefficient (Wildman–Crippen LogP) is 2.55. The van der Waals surface area contributed by atoms with Gasteiger partial charge in [-0.3, -0.25) is 0 Å². The quantitative estimate of drug-likeness (QED) is 0.834. The molecule has 15 heavy (non-hydrogen) atoms. The summed E-state index contributed by atoms with van der Waals surface area (Å²) in [4.78, 5) is 0. The molecule has 0 aliphatic heterocycles. The number of rotatable bonds is 4. The Balaban J connectivity index is 2.86. The fourth-order valence-corrected chi connectivity index (χ4v) is 1.44. The number of phenols is 1. The summed E-state index contributed by atoms with van der Waals surface area (Å²) in [5, 5.41) is 13.1. The van der Waals surface area contributed by atoms with Gasteiger partial charge in [-0.15, -0.1) is 0 Å². The molecule has 0 aliphatic rings. The van der Waals surface area contributed by atoms with E-state index in [4.69, 9.17) is 16.3 Å². The number of halogens is 1. The monoisotopic (exact) mass is 229 g/mol. The van der Waals surface area contributed by atoms with Crippen LogP contribution in [0.5, 0.6) is 11.5 Å². The largest absolute Gasteiger partial charge is 0.503 e. The fourth-order valence-electron chi connectivity index (χ4n) is 1.21. The van der Waals surface area contributed by atoms with Crippen LogP contribution in [0.15, 0.2) is 12.1 Å². The first-order valence-corrected chi connectivity index (χ1v) is 5.21. The molecule has 84 valence electrons. The summed E-state index contributed by atoms with van der Waals surface area (Å²) in [5.41, 5.74) is 0.989. The highest BCUT2D eigenvalue weighted by molar-refractivity contribution is 6.32. The minimum absolute atomic E-state index is 0.00698. The normalized spacial score (nSPS) is 10.7. The molecule has 0 atom stereocenters. The summed E-state index contributed by atoms with van der Waals surface area (Å²) >= 11 is 5.86. The number of hydrogen-bond donors (Lipinski definition) is 2. The van der Waals surface area contributed by atoms with Crippen molar-refractivity contribution in [1.29, 1.82) is 0 Å². The van der Waals surface area contributed by atoms with Gasteiger partial charge >= 0.3 is 0 Å². The molecule has 1 rings (SSSR count). The van der Waals surface area contributed by atoms with Gasteiger partial charge in [-0.25, -0.2) is 0 Å². The van der Waals surface area contributed by atoms with Gasteiger partial charge < -0.3 is 15.2 Å². The number of aromatic hydroxyl groups is 1. The summed E-state index contributed by atoms with van der Waals surface area (Å²) in [6.07, 6.45) is 0. The van der Waals surface area contributed by atoms with E-state index in [0.717, 1.165) is 5.56 Å². The lowest BCUT2D eigenvalue weighted by atomic mass is 10.2. The Morgan fingerprint density at radius 1 is 1.47 bits per heavy atom. The van der Waals surface area contributed by atoms with Crippen molar-refractivity contribution in [3.63, 3.8) is 0 Å². The molecule has 0 fully saturated rings. The second-order valence-electron chi connectivity index (χ2n) is 3.66. The lowest BCUT2D eigenvalue weighted by molar-refractivity contribution is 0.373. The van der Waals surface area contributed by atoms with E-state index in [2.05, 4.69) is 19.2 Å². The molecule has 0 amide bonds. The summed E-state index contributed by atoms with van der Waals surface area (Å²) in [5.74, 6) is 0.399. The average molecular weight is 230 g/mol. The van der Waals surface area contributed by atoms with E-state index in [-0.39, 0.29) is 5.75 Å². The number of phenolic OH excluding ortho intramolecular Hbond substituents is 1. The molecular formula is C11H16ClNO2. The van der Waals surface area contributed by atoms with Gasteiger partial charge in [0.25, 0.3) is 0 Å². The lowest BCUT2D eigenvalue weighted by Crippen LogP contribution is -2.21. The molecule has 3 nitrogen and oxygen atoms in total. The Morgan fingerprint density at radius 3 is 2.67 bits per heavy atom. The molecule has 2 N–H and O–H groups in total. The highest BCUT2D eigenvalue weighted by Gasteiger charge is 2.08. The van der Waals surface area contributed by atoms with Gasteiger partial charge in [0.15, 0.2) is 11.5 Å². The maximum absolute atomic E-state index is 9.52. The van der Waals surface area contributed by atoms with Gasteiger partial charge in [0, 0.05) is 12.6 Å². The van der Waals surface area contributed by atoms with Crippen LogP contribution in [0.25, 0.3) is 0 Å². The van der Waals surface area contributed by atoms with E-state index >= 15 is 0 Å². The van der Waals surface area contributed by atoms with Crippen LogP contribution in [0, 0.1) is 0 Å². The van der Waals surface area contributed by atoms with Crippen molar-refractivity contribution in [3.05, 3.63) is 22.7 Å². The summed E-state index contributed by atoms with van der Waals surface area (Å²) in [7, 11) is 1.50. The van der Waals surface area contributed by atoms with Crippen molar-refractivity contribution in [3.8, 4) is 11.5 Å². The predicted molar refractivity (Wildman–Crippen MR) is 61.6 cm³/mol. The molecule has 1 aromatic carbocycles. The van der Waals surface area contributed by atoms with Gasteiger partial charge in [-0.05, 0) is 17.7 Å². The second kappa shape index (κ2) is 5.24. The molecule has 0 aliphatic carbocycles. The Hall–Kier alpha value is -0.930. The SMILES string of the molecule is COc1cc(CNC(C)C)cc(Cl)c1O. The van der Waals surface area contributed by atoms with E-state index in [1.165, 1.54) is 7.11 Å². The van der Waals surface area contributed by atoms with E-state index in [1.807, 2.05) is 0 Å². The maximum Gasteiger partial charge on any atom is 0.176 e. The van der Waals surface area contributed by atoms with Crippen molar-refractivity contribution < 1.29 is 9.84 Å². The maximum atomic E-state index is 9.52. The van der Waals surface area contributed by atoms with Crippen LogP contribution < -0.4 is 10.1 Å². The average Bonchev–Trinajstić information content (AvgIpc) is 2.19. The molecule has 0 saturated heterocycles. The Morgan fingerprint density at radius 2 is 2.13 bits per heavy atom. The van der Waals surface area contributed by atoms with Crippen molar-refractivity contribution in [2.45, 2.75) is 26.4 Å². The van der Waals surface area contributed by atoms with Crippen LogP contribution in [0.1, 0.15) is 19.4 Å². The number of ether oxygens (including phenoxy) is 1.